The van der Waals surface area contributed by atoms with Crippen molar-refractivity contribution in [2.24, 2.45) is 17.8 Å². The lowest BCUT2D eigenvalue weighted by molar-refractivity contribution is -0.124. The van der Waals surface area contributed by atoms with Crippen molar-refractivity contribution < 1.29 is 4.79 Å². The molecule has 0 aliphatic heterocycles. The van der Waals surface area contributed by atoms with Gasteiger partial charge in [-0.3, -0.25) is 4.79 Å². The van der Waals surface area contributed by atoms with Crippen molar-refractivity contribution in [2.75, 3.05) is 18.6 Å². The quantitative estimate of drug-likeness (QED) is 0.785. The van der Waals surface area contributed by atoms with Gasteiger partial charge in [0.1, 0.15) is 6.04 Å². The largest absolute Gasteiger partial charge is 0.354 e. The Morgan fingerprint density at radius 3 is 2.76 bits per heavy atom. The van der Waals surface area contributed by atoms with Gasteiger partial charge in [-0.15, -0.1) is 0 Å². The molecule has 2 aliphatic rings. The topological polar surface area (TPSA) is 34.0 Å². The maximum Gasteiger partial charge on any atom is 0.243 e. The number of rotatable bonds is 7. The van der Waals surface area contributed by atoms with Crippen LogP contribution in [-0.2, 0) is 4.79 Å². The summed E-state index contributed by atoms with van der Waals surface area (Å²) in [5, 5.41) is 3.20. The van der Waals surface area contributed by atoms with Crippen molar-refractivity contribution >= 4 is 17.7 Å². The number of carbonyl (C=O) groups is 1. The van der Waals surface area contributed by atoms with Gasteiger partial charge in [-0.05, 0) is 61.2 Å². The van der Waals surface area contributed by atoms with Crippen molar-refractivity contribution in [2.45, 2.75) is 25.3 Å². The standard InChI is InChI=1S/C17H24N2OS/c1-21-9-6-16(19-7-2-3-8-19)17(20)18-12-15-11-13-4-5-14(15)10-13/h2-5,7-8,13-16H,6,9-12H2,1H3,(H,18,20)/t13?,14?,15?,16-/m0/s1. The zero-order valence-corrected chi connectivity index (χ0v) is 13.4. The molecule has 3 nitrogen and oxygen atoms in total. The zero-order valence-electron chi connectivity index (χ0n) is 12.6. The number of hydrogen-bond acceptors (Lipinski definition) is 2. The van der Waals surface area contributed by atoms with Crippen molar-refractivity contribution in [1.82, 2.24) is 9.88 Å². The molecular formula is C17H24N2OS. The van der Waals surface area contributed by atoms with E-state index in [-0.39, 0.29) is 11.9 Å². The van der Waals surface area contributed by atoms with Gasteiger partial charge in [-0.1, -0.05) is 12.2 Å². The van der Waals surface area contributed by atoms with E-state index in [1.165, 1.54) is 12.8 Å². The number of nitrogens with zero attached hydrogens (tertiary/aromatic N) is 1. The van der Waals surface area contributed by atoms with Crippen LogP contribution in [0.5, 0.6) is 0 Å². The van der Waals surface area contributed by atoms with Gasteiger partial charge in [-0.2, -0.15) is 11.8 Å². The fraction of sp³-hybridized carbons (Fsp3) is 0.588. The molecule has 4 atom stereocenters. The van der Waals surface area contributed by atoms with E-state index >= 15 is 0 Å². The lowest BCUT2D eigenvalue weighted by atomic mass is 9.93. The molecule has 1 amide bonds. The minimum absolute atomic E-state index is 0.0680. The van der Waals surface area contributed by atoms with Gasteiger partial charge in [0.15, 0.2) is 0 Å². The SMILES string of the molecule is CSCC[C@@H](C(=O)NCC1CC2C=CC1C2)n1cccc1. The predicted molar refractivity (Wildman–Crippen MR) is 88.3 cm³/mol. The first-order chi connectivity index (χ1) is 10.3. The molecule has 1 aromatic heterocycles. The van der Waals surface area contributed by atoms with Gasteiger partial charge < -0.3 is 9.88 Å². The van der Waals surface area contributed by atoms with Crippen LogP contribution < -0.4 is 5.32 Å². The van der Waals surface area contributed by atoms with Crippen LogP contribution in [0, 0.1) is 17.8 Å². The fourth-order valence-electron chi connectivity index (χ4n) is 3.68. The molecule has 4 heteroatoms. The van der Waals surface area contributed by atoms with E-state index in [1.54, 1.807) is 11.8 Å². The molecule has 1 heterocycles. The summed E-state index contributed by atoms with van der Waals surface area (Å²) in [6, 6.07) is 3.90. The summed E-state index contributed by atoms with van der Waals surface area (Å²) in [4.78, 5) is 12.6. The number of aromatic nitrogens is 1. The fourth-order valence-corrected chi connectivity index (χ4v) is 4.14. The molecule has 1 fully saturated rings. The number of thioether (sulfide) groups is 1. The molecular weight excluding hydrogens is 280 g/mol. The Morgan fingerprint density at radius 2 is 2.14 bits per heavy atom. The second kappa shape index (κ2) is 6.73. The maximum atomic E-state index is 12.6. The lowest BCUT2D eigenvalue weighted by Crippen LogP contribution is -2.36. The summed E-state index contributed by atoms with van der Waals surface area (Å²) in [7, 11) is 0. The van der Waals surface area contributed by atoms with Gasteiger partial charge >= 0.3 is 0 Å². The van der Waals surface area contributed by atoms with Crippen LogP contribution in [0.1, 0.15) is 25.3 Å². The molecule has 3 rings (SSSR count). The van der Waals surface area contributed by atoms with E-state index in [9.17, 15) is 4.79 Å². The Morgan fingerprint density at radius 1 is 1.33 bits per heavy atom. The Bertz CT molecular complexity index is 497. The van der Waals surface area contributed by atoms with Crippen molar-refractivity contribution in [3.05, 3.63) is 36.7 Å². The van der Waals surface area contributed by atoms with Gasteiger partial charge in [0.2, 0.25) is 5.91 Å². The lowest BCUT2D eigenvalue weighted by Gasteiger charge is -2.22. The van der Waals surface area contributed by atoms with E-state index in [1.807, 2.05) is 29.1 Å². The molecule has 1 N–H and O–H groups in total. The zero-order chi connectivity index (χ0) is 14.7. The Hall–Kier alpha value is -1.16. The third kappa shape index (κ3) is 3.37. The summed E-state index contributed by atoms with van der Waals surface area (Å²) >= 11 is 1.80. The van der Waals surface area contributed by atoms with E-state index < -0.39 is 0 Å². The Balaban J connectivity index is 1.55. The minimum atomic E-state index is -0.0680. The molecule has 0 aromatic carbocycles. The van der Waals surface area contributed by atoms with Crippen LogP contribution >= 0.6 is 11.8 Å². The summed E-state index contributed by atoms with van der Waals surface area (Å²) in [6.07, 6.45) is 14.2. The first kappa shape index (κ1) is 14.8. The Labute approximate surface area is 131 Å². The van der Waals surface area contributed by atoms with E-state index in [0.717, 1.165) is 24.6 Å². The van der Waals surface area contributed by atoms with Crippen molar-refractivity contribution in [1.29, 1.82) is 0 Å². The molecule has 0 saturated heterocycles. The van der Waals surface area contributed by atoms with E-state index in [0.29, 0.717) is 11.8 Å². The van der Waals surface area contributed by atoms with Gasteiger partial charge in [0, 0.05) is 18.9 Å². The molecule has 114 valence electrons. The number of carbonyl (C=O) groups excluding carboxylic acids is 1. The smallest absolute Gasteiger partial charge is 0.243 e. The molecule has 1 aromatic rings. The molecule has 21 heavy (non-hydrogen) atoms. The number of allylic oxidation sites excluding steroid dienone is 2. The third-order valence-electron chi connectivity index (χ3n) is 4.84. The monoisotopic (exact) mass is 304 g/mol. The number of amides is 1. The highest BCUT2D eigenvalue weighted by Crippen LogP contribution is 2.42. The second-order valence-corrected chi connectivity index (χ2v) is 7.20. The van der Waals surface area contributed by atoms with Crippen molar-refractivity contribution in [3.8, 4) is 0 Å². The highest BCUT2D eigenvalue weighted by atomic mass is 32.2. The Kier molecular flexibility index (Phi) is 4.73. The molecule has 0 spiro atoms. The number of hydrogen-bond donors (Lipinski definition) is 1. The van der Waals surface area contributed by atoms with E-state index in [2.05, 4.69) is 23.7 Å². The third-order valence-corrected chi connectivity index (χ3v) is 5.48. The summed E-state index contributed by atoms with van der Waals surface area (Å²) in [5.74, 6) is 3.30. The maximum absolute atomic E-state index is 12.6. The molecule has 1 saturated carbocycles. The predicted octanol–water partition coefficient (Wildman–Crippen LogP) is 3.11. The highest BCUT2D eigenvalue weighted by Gasteiger charge is 2.35. The first-order valence-electron chi connectivity index (χ1n) is 7.85. The van der Waals surface area contributed by atoms with Crippen LogP contribution in [-0.4, -0.2) is 29.0 Å². The summed E-state index contributed by atoms with van der Waals surface area (Å²) in [5.41, 5.74) is 0. The average molecular weight is 304 g/mol. The second-order valence-electron chi connectivity index (χ2n) is 6.21. The van der Waals surface area contributed by atoms with Gasteiger partial charge in [0.25, 0.3) is 0 Å². The highest BCUT2D eigenvalue weighted by molar-refractivity contribution is 7.98. The summed E-state index contributed by atoms with van der Waals surface area (Å²) < 4.78 is 2.03. The van der Waals surface area contributed by atoms with Crippen LogP contribution in [0.4, 0.5) is 0 Å². The van der Waals surface area contributed by atoms with Gasteiger partial charge in [-0.25, -0.2) is 0 Å². The van der Waals surface area contributed by atoms with Gasteiger partial charge in [0.05, 0.1) is 0 Å². The van der Waals surface area contributed by atoms with Crippen LogP contribution in [0.25, 0.3) is 0 Å². The minimum Gasteiger partial charge on any atom is -0.354 e. The molecule has 2 bridgehead atoms. The van der Waals surface area contributed by atoms with Crippen LogP contribution in [0.15, 0.2) is 36.7 Å². The van der Waals surface area contributed by atoms with E-state index in [4.69, 9.17) is 0 Å². The molecule has 0 radical (unpaired) electrons. The van der Waals surface area contributed by atoms with Crippen LogP contribution in [0.3, 0.4) is 0 Å². The van der Waals surface area contributed by atoms with Crippen LogP contribution in [0.2, 0.25) is 0 Å². The average Bonchev–Trinajstić information content (AvgIpc) is 3.22. The summed E-state index contributed by atoms with van der Waals surface area (Å²) in [6.45, 7) is 0.835. The molecule has 3 unspecified atom stereocenters. The number of nitrogens with one attached hydrogen (secondary N) is 1. The first-order valence-corrected chi connectivity index (χ1v) is 9.24. The molecule has 2 aliphatic carbocycles. The number of fused-ring (bicyclic) bond motifs is 2. The van der Waals surface area contributed by atoms with Crippen molar-refractivity contribution in [3.63, 3.8) is 0 Å². The normalized spacial score (nSPS) is 28.0.